The molecule has 0 aromatic heterocycles. The molecular weight excluding hydrogens is 291 g/mol. The molecule has 0 aliphatic heterocycles. The number of rotatable bonds is 6. The van der Waals surface area contributed by atoms with E-state index in [1.807, 2.05) is 0 Å². The number of amides is 1. The average molecular weight is 305 g/mol. The van der Waals surface area contributed by atoms with Crippen molar-refractivity contribution in [3.05, 3.63) is 33.8 Å². The Morgan fingerprint density at radius 1 is 1.32 bits per heavy atom. The maximum atomic E-state index is 11.4. The van der Waals surface area contributed by atoms with Gasteiger partial charge in [-0.2, -0.15) is 0 Å². The van der Waals surface area contributed by atoms with E-state index in [-0.39, 0.29) is 19.0 Å². The van der Waals surface area contributed by atoms with Crippen molar-refractivity contribution in [3.8, 4) is 0 Å². The number of nitrogens with one attached hydrogen (secondary N) is 1. The maximum absolute atomic E-state index is 11.4. The zero-order valence-corrected chi connectivity index (χ0v) is 11.8. The van der Waals surface area contributed by atoms with Crippen LogP contribution in [0.5, 0.6) is 0 Å². The molecule has 1 aromatic carbocycles. The fourth-order valence-electron chi connectivity index (χ4n) is 1.48. The Labute approximate surface area is 121 Å². The van der Waals surface area contributed by atoms with E-state index in [4.69, 9.17) is 28.3 Å². The van der Waals surface area contributed by atoms with Gasteiger partial charge in [-0.15, -0.1) is 0 Å². The Bertz CT molecular complexity index is 460. The lowest BCUT2D eigenvalue weighted by molar-refractivity contribution is -0.138. The molecule has 1 amide bonds. The minimum atomic E-state index is -1.08. The lowest BCUT2D eigenvalue weighted by atomic mass is 10.2. The minimum absolute atomic E-state index is 0.0643. The number of carbonyl (C=O) groups excluding carboxylic acids is 1. The quantitative estimate of drug-likeness (QED) is 0.838. The van der Waals surface area contributed by atoms with Gasteiger partial charge in [0.1, 0.15) is 6.54 Å². The second-order valence-corrected chi connectivity index (χ2v) is 4.86. The molecule has 0 saturated heterocycles. The fourth-order valence-corrected chi connectivity index (χ4v) is 2.00. The van der Waals surface area contributed by atoms with Crippen LogP contribution in [0.25, 0.3) is 0 Å². The number of carbonyl (C=O) groups is 2. The van der Waals surface area contributed by atoms with E-state index in [1.54, 1.807) is 30.1 Å². The monoisotopic (exact) mass is 304 g/mol. The van der Waals surface area contributed by atoms with Crippen LogP contribution in [-0.4, -0.2) is 42.0 Å². The smallest absolute Gasteiger partial charge is 0.322 e. The summed E-state index contributed by atoms with van der Waals surface area (Å²) < 4.78 is 0. The van der Waals surface area contributed by atoms with E-state index in [0.717, 1.165) is 5.56 Å². The van der Waals surface area contributed by atoms with Gasteiger partial charge in [0.2, 0.25) is 5.91 Å². The number of aliphatic carboxylic acids is 1. The molecule has 0 aliphatic rings. The van der Waals surface area contributed by atoms with Crippen LogP contribution in [0.15, 0.2) is 18.2 Å². The van der Waals surface area contributed by atoms with Crippen molar-refractivity contribution in [1.29, 1.82) is 0 Å². The summed E-state index contributed by atoms with van der Waals surface area (Å²) in [6, 6.07) is 5.19. The summed E-state index contributed by atoms with van der Waals surface area (Å²) in [5.41, 5.74) is 0.736. The molecule has 0 spiro atoms. The number of halogens is 2. The van der Waals surface area contributed by atoms with Crippen LogP contribution < -0.4 is 5.32 Å². The Balaban J connectivity index is 2.53. The van der Waals surface area contributed by atoms with Gasteiger partial charge in [0, 0.05) is 22.2 Å². The Hall–Kier alpha value is -1.30. The van der Waals surface area contributed by atoms with Gasteiger partial charge in [0.15, 0.2) is 0 Å². The molecule has 19 heavy (non-hydrogen) atoms. The molecule has 0 radical (unpaired) electrons. The van der Waals surface area contributed by atoms with Crippen LogP contribution in [0, 0.1) is 0 Å². The predicted molar refractivity (Wildman–Crippen MR) is 73.4 cm³/mol. The molecular formula is C12H14Cl2N2O3. The third-order valence-electron chi connectivity index (χ3n) is 2.34. The first-order valence-electron chi connectivity index (χ1n) is 5.50. The summed E-state index contributed by atoms with van der Waals surface area (Å²) in [6.45, 7) is 0.0767. The molecule has 0 fully saturated rings. The first-order valence-corrected chi connectivity index (χ1v) is 6.25. The summed E-state index contributed by atoms with van der Waals surface area (Å²) in [5.74, 6) is -1.45. The average Bonchev–Trinajstić information content (AvgIpc) is 2.31. The number of nitrogens with zero attached hydrogens (tertiary/aromatic N) is 1. The molecule has 7 heteroatoms. The second kappa shape index (κ2) is 7.33. The van der Waals surface area contributed by atoms with E-state index < -0.39 is 5.97 Å². The highest BCUT2D eigenvalue weighted by molar-refractivity contribution is 6.35. The molecule has 1 aromatic rings. The molecule has 1 rings (SSSR count). The third-order valence-corrected chi connectivity index (χ3v) is 3.05. The largest absolute Gasteiger partial charge is 0.480 e. The SMILES string of the molecule is CN(CC(=O)NCC(=O)O)Cc1c(Cl)cccc1Cl. The summed E-state index contributed by atoms with van der Waals surface area (Å²) in [5, 5.41) is 11.8. The third kappa shape index (κ3) is 5.46. The van der Waals surface area contributed by atoms with Crippen molar-refractivity contribution in [2.24, 2.45) is 0 Å². The van der Waals surface area contributed by atoms with Crippen LogP contribution in [0.4, 0.5) is 0 Å². The van der Waals surface area contributed by atoms with E-state index in [0.29, 0.717) is 16.6 Å². The Morgan fingerprint density at radius 3 is 2.42 bits per heavy atom. The number of benzene rings is 1. The van der Waals surface area contributed by atoms with Crippen LogP contribution in [-0.2, 0) is 16.1 Å². The highest BCUT2D eigenvalue weighted by Gasteiger charge is 2.12. The van der Waals surface area contributed by atoms with Crippen molar-refractivity contribution in [3.63, 3.8) is 0 Å². The lowest BCUT2D eigenvalue weighted by Crippen LogP contribution is -2.37. The van der Waals surface area contributed by atoms with E-state index in [1.165, 1.54) is 0 Å². The molecule has 0 heterocycles. The Kier molecular flexibility index (Phi) is 6.08. The lowest BCUT2D eigenvalue weighted by Gasteiger charge is -2.17. The summed E-state index contributed by atoms with van der Waals surface area (Å²) >= 11 is 12.0. The van der Waals surface area contributed by atoms with Gasteiger partial charge in [0.05, 0.1) is 6.54 Å². The topological polar surface area (TPSA) is 69.6 Å². The fraction of sp³-hybridized carbons (Fsp3) is 0.333. The molecule has 5 nitrogen and oxygen atoms in total. The molecule has 0 aliphatic carbocycles. The van der Waals surface area contributed by atoms with Gasteiger partial charge in [-0.05, 0) is 19.2 Å². The molecule has 104 valence electrons. The zero-order chi connectivity index (χ0) is 14.4. The first kappa shape index (κ1) is 15.8. The van der Waals surface area contributed by atoms with Crippen molar-refractivity contribution in [1.82, 2.24) is 10.2 Å². The van der Waals surface area contributed by atoms with Gasteiger partial charge < -0.3 is 10.4 Å². The van der Waals surface area contributed by atoms with Gasteiger partial charge >= 0.3 is 5.97 Å². The van der Waals surface area contributed by atoms with Crippen LogP contribution in [0.2, 0.25) is 10.0 Å². The van der Waals surface area contributed by atoms with Gasteiger partial charge in [0.25, 0.3) is 0 Å². The van der Waals surface area contributed by atoms with Gasteiger partial charge in [-0.3, -0.25) is 14.5 Å². The van der Waals surface area contributed by atoms with Crippen LogP contribution in [0.1, 0.15) is 5.56 Å². The number of hydrogen-bond acceptors (Lipinski definition) is 3. The minimum Gasteiger partial charge on any atom is -0.480 e. The normalized spacial score (nSPS) is 10.5. The first-order chi connectivity index (χ1) is 8.90. The highest BCUT2D eigenvalue weighted by atomic mass is 35.5. The zero-order valence-electron chi connectivity index (χ0n) is 10.3. The van der Waals surface area contributed by atoms with Crippen molar-refractivity contribution >= 4 is 35.1 Å². The van der Waals surface area contributed by atoms with Crippen molar-refractivity contribution < 1.29 is 14.7 Å². The van der Waals surface area contributed by atoms with Crippen molar-refractivity contribution in [2.75, 3.05) is 20.1 Å². The molecule has 0 bridgehead atoms. The number of hydrogen-bond donors (Lipinski definition) is 2. The molecule has 2 N–H and O–H groups in total. The number of carboxylic acids is 1. The van der Waals surface area contributed by atoms with E-state index >= 15 is 0 Å². The highest BCUT2D eigenvalue weighted by Crippen LogP contribution is 2.25. The predicted octanol–water partition coefficient (Wildman–Crippen LogP) is 1.63. The van der Waals surface area contributed by atoms with Crippen LogP contribution in [0.3, 0.4) is 0 Å². The Morgan fingerprint density at radius 2 is 1.89 bits per heavy atom. The molecule has 0 atom stereocenters. The van der Waals surface area contributed by atoms with Crippen LogP contribution >= 0.6 is 23.2 Å². The number of carboxylic acid groups (broad SMARTS) is 1. The number of likely N-dealkylation sites (N-methyl/N-ethyl adjacent to an activating group) is 1. The molecule has 0 unspecified atom stereocenters. The van der Waals surface area contributed by atoms with E-state index in [2.05, 4.69) is 5.32 Å². The molecule has 0 saturated carbocycles. The second-order valence-electron chi connectivity index (χ2n) is 4.04. The maximum Gasteiger partial charge on any atom is 0.322 e. The van der Waals surface area contributed by atoms with Gasteiger partial charge in [-0.1, -0.05) is 29.3 Å². The summed E-state index contributed by atoms with van der Waals surface area (Å²) in [7, 11) is 1.72. The van der Waals surface area contributed by atoms with E-state index in [9.17, 15) is 9.59 Å². The van der Waals surface area contributed by atoms with Gasteiger partial charge in [-0.25, -0.2) is 0 Å². The summed E-state index contributed by atoms with van der Waals surface area (Å²) in [4.78, 5) is 23.4. The standard InChI is InChI=1S/C12H14Cl2N2O3/c1-16(7-11(17)15-5-12(18)19)6-8-9(13)3-2-4-10(8)14/h2-4H,5-7H2,1H3,(H,15,17)(H,18,19). The summed E-state index contributed by atoms with van der Waals surface area (Å²) in [6.07, 6.45) is 0. The van der Waals surface area contributed by atoms with Crippen molar-refractivity contribution in [2.45, 2.75) is 6.54 Å².